The largest absolute Gasteiger partial charge is 0.463 e. The molecule has 6 nitrogen and oxygen atoms in total. The maximum absolute atomic E-state index is 13.8. The average molecular weight is 550 g/mol. The number of fused-ring (bicyclic) bond motifs is 1. The van der Waals surface area contributed by atoms with Crippen molar-refractivity contribution >= 4 is 35.0 Å². The van der Waals surface area contributed by atoms with Crippen molar-refractivity contribution in [1.82, 2.24) is 9.13 Å². The van der Waals surface area contributed by atoms with Gasteiger partial charge >= 0.3 is 5.97 Å². The molecule has 9 heteroatoms. The van der Waals surface area contributed by atoms with Gasteiger partial charge in [-0.2, -0.15) is 0 Å². The third-order valence-electron chi connectivity index (χ3n) is 6.54. The maximum Gasteiger partial charge on any atom is 0.338 e. The van der Waals surface area contributed by atoms with Crippen molar-refractivity contribution in [3.05, 3.63) is 119 Å². The summed E-state index contributed by atoms with van der Waals surface area (Å²) in [6.07, 6.45) is 1.84. The predicted molar refractivity (Wildman–Crippen MR) is 147 cm³/mol. The van der Waals surface area contributed by atoms with Gasteiger partial charge in [-0.1, -0.05) is 35.1 Å². The van der Waals surface area contributed by atoms with Crippen LogP contribution in [0.25, 0.3) is 11.8 Å². The zero-order valence-electron chi connectivity index (χ0n) is 21.3. The second-order valence-electron chi connectivity index (χ2n) is 8.99. The van der Waals surface area contributed by atoms with E-state index in [0.29, 0.717) is 25.6 Å². The van der Waals surface area contributed by atoms with Crippen LogP contribution in [0.3, 0.4) is 0 Å². The van der Waals surface area contributed by atoms with Gasteiger partial charge in [-0.15, -0.1) is 0 Å². The van der Waals surface area contributed by atoms with Crippen LogP contribution < -0.4 is 14.9 Å². The van der Waals surface area contributed by atoms with Crippen LogP contribution in [0.1, 0.15) is 42.4 Å². The Morgan fingerprint density at radius 2 is 1.82 bits per heavy atom. The molecule has 0 fully saturated rings. The van der Waals surface area contributed by atoms with Crippen LogP contribution in [0.15, 0.2) is 75.7 Å². The summed E-state index contributed by atoms with van der Waals surface area (Å²) in [4.78, 5) is 32.0. The van der Waals surface area contributed by atoms with E-state index in [4.69, 9.17) is 16.3 Å². The Hall–Kier alpha value is -3.75. The summed E-state index contributed by atoms with van der Waals surface area (Å²) in [7, 11) is 0. The topological polar surface area (TPSA) is 65.6 Å². The number of ether oxygens (including phenoxy) is 1. The number of hydrogen-bond acceptors (Lipinski definition) is 5. The Bertz CT molecular complexity index is 1760. The molecule has 38 heavy (non-hydrogen) atoms. The van der Waals surface area contributed by atoms with Gasteiger partial charge in [0.25, 0.3) is 5.56 Å². The van der Waals surface area contributed by atoms with Gasteiger partial charge in [0.1, 0.15) is 5.82 Å². The molecule has 0 N–H and O–H groups in total. The molecule has 4 aromatic rings. The molecule has 5 rings (SSSR count). The number of allylic oxidation sites excluding steroid dienone is 1. The van der Waals surface area contributed by atoms with Gasteiger partial charge in [0, 0.05) is 22.1 Å². The SMILES string of the molecule is CCOC(=O)C1=C(C)N=c2s/c(=C\c3cc(C)n(-c4ccc(F)cc4)c3C)c(=O)n2[C@H]1c1ccc(Cl)cc1. The number of nitrogens with zero attached hydrogens (tertiary/aromatic N) is 3. The van der Waals surface area contributed by atoms with Crippen molar-refractivity contribution in [3.8, 4) is 5.69 Å². The van der Waals surface area contributed by atoms with Crippen molar-refractivity contribution in [2.45, 2.75) is 33.7 Å². The van der Waals surface area contributed by atoms with Gasteiger partial charge in [0.15, 0.2) is 4.80 Å². The molecule has 2 aromatic heterocycles. The number of carbonyl (C=O) groups is 1. The van der Waals surface area contributed by atoms with Crippen molar-refractivity contribution < 1.29 is 13.9 Å². The molecule has 1 aliphatic heterocycles. The highest BCUT2D eigenvalue weighted by atomic mass is 35.5. The minimum absolute atomic E-state index is 0.205. The van der Waals surface area contributed by atoms with Crippen molar-refractivity contribution in [2.24, 2.45) is 4.99 Å². The van der Waals surface area contributed by atoms with Gasteiger partial charge in [-0.3, -0.25) is 9.36 Å². The van der Waals surface area contributed by atoms with Crippen LogP contribution >= 0.6 is 22.9 Å². The molecule has 0 aliphatic carbocycles. The summed E-state index contributed by atoms with van der Waals surface area (Å²) < 4.78 is 22.9. The monoisotopic (exact) mass is 549 g/mol. The summed E-state index contributed by atoms with van der Waals surface area (Å²) in [6.45, 7) is 7.62. The highest BCUT2D eigenvalue weighted by molar-refractivity contribution is 7.07. The first-order chi connectivity index (χ1) is 18.2. The summed E-state index contributed by atoms with van der Waals surface area (Å²) in [5.74, 6) is -0.809. The number of rotatable bonds is 5. The summed E-state index contributed by atoms with van der Waals surface area (Å²) in [5.41, 5.74) is 4.86. The number of thiazole rings is 1. The maximum atomic E-state index is 13.8. The van der Waals surface area contributed by atoms with Gasteiger partial charge < -0.3 is 9.30 Å². The Morgan fingerprint density at radius 1 is 1.13 bits per heavy atom. The minimum atomic E-state index is -0.698. The molecule has 194 valence electrons. The fourth-order valence-electron chi connectivity index (χ4n) is 4.81. The Labute approximate surface area is 227 Å². The highest BCUT2D eigenvalue weighted by Crippen LogP contribution is 2.31. The molecular formula is C29H25ClFN3O3S. The van der Waals surface area contributed by atoms with Crippen LogP contribution in [0.2, 0.25) is 5.02 Å². The highest BCUT2D eigenvalue weighted by Gasteiger charge is 2.33. The third kappa shape index (κ3) is 4.54. The standard InChI is InChI=1S/C29H25ClFN3O3S/c1-5-37-28(36)25-17(3)32-29-34(26(25)19-6-8-21(30)9-7-19)27(35)24(38-29)15-20-14-16(2)33(18(20)4)23-12-10-22(31)11-13-23/h6-15,26H,5H2,1-4H3/b24-15-/t26-/m0/s1. The van der Waals surface area contributed by atoms with E-state index in [1.54, 1.807) is 54.8 Å². The molecule has 1 aliphatic rings. The van der Waals surface area contributed by atoms with Gasteiger partial charge in [-0.25, -0.2) is 14.2 Å². The van der Waals surface area contributed by atoms with Crippen molar-refractivity contribution in [1.29, 1.82) is 0 Å². The zero-order valence-corrected chi connectivity index (χ0v) is 22.9. The fourth-order valence-corrected chi connectivity index (χ4v) is 5.98. The normalized spacial score (nSPS) is 15.4. The Morgan fingerprint density at radius 3 is 2.47 bits per heavy atom. The lowest BCUT2D eigenvalue weighted by Gasteiger charge is -2.24. The lowest BCUT2D eigenvalue weighted by Crippen LogP contribution is -2.39. The lowest BCUT2D eigenvalue weighted by atomic mass is 9.96. The third-order valence-corrected chi connectivity index (χ3v) is 7.78. The van der Waals surface area contributed by atoms with Crippen LogP contribution in [0, 0.1) is 19.7 Å². The quantitative estimate of drug-likeness (QED) is 0.329. The molecule has 0 saturated carbocycles. The molecule has 0 amide bonds. The van der Waals surface area contributed by atoms with Crippen molar-refractivity contribution in [3.63, 3.8) is 0 Å². The lowest BCUT2D eigenvalue weighted by molar-refractivity contribution is -0.139. The first-order valence-corrected chi connectivity index (χ1v) is 13.3. The molecule has 3 heterocycles. The summed E-state index contributed by atoms with van der Waals surface area (Å²) >= 11 is 7.39. The first-order valence-electron chi connectivity index (χ1n) is 12.1. The second-order valence-corrected chi connectivity index (χ2v) is 10.4. The number of carbonyl (C=O) groups excluding carboxylic acids is 1. The van der Waals surface area contributed by atoms with E-state index in [2.05, 4.69) is 4.99 Å². The van der Waals surface area contributed by atoms with E-state index in [0.717, 1.165) is 28.2 Å². The van der Waals surface area contributed by atoms with Gasteiger partial charge in [0.05, 0.1) is 28.5 Å². The van der Waals surface area contributed by atoms with Crippen LogP contribution in [0.5, 0.6) is 0 Å². The van der Waals surface area contributed by atoms with E-state index >= 15 is 0 Å². The molecule has 0 bridgehead atoms. The zero-order chi connectivity index (χ0) is 27.1. The number of aryl methyl sites for hydroxylation is 1. The Balaban J connectivity index is 1.68. The predicted octanol–water partition coefficient (Wildman–Crippen LogP) is 5.00. The molecule has 0 radical (unpaired) electrons. The summed E-state index contributed by atoms with van der Waals surface area (Å²) in [6, 6.07) is 14.6. The van der Waals surface area contributed by atoms with E-state index < -0.39 is 12.0 Å². The van der Waals surface area contributed by atoms with E-state index in [1.165, 1.54) is 23.5 Å². The molecule has 0 spiro atoms. The minimum Gasteiger partial charge on any atom is -0.463 e. The van der Waals surface area contributed by atoms with Crippen molar-refractivity contribution in [2.75, 3.05) is 6.61 Å². The summed E-state index contributed by atoms with van der Waals surface area (Å²) in [5, 5.41) is 0.552. The number of halogens is 2. The molecule has 1 atom stereocenters. The fraction of sp³-hybridized carbons (Fsp3) is 0.207. The molecular weight excluding hydrogens is 525 g/mol. The first kappa shape index (κ1) is 25.9. The van der Waals surface area contributed by atoms with E-state index in [1.807, 2.05) is 30.6 Å². The van der Waals surface area contributed by atoms with E-state index in [-0.39, 0.29) is 18.0 Å². The Kier molecular flexibility index (Phi) is 6.94. The van der Waals surface area contributed by atoms with Gasteiger partial charge in [-0.05, 0) is 87.4 Å². The molecule has 0 saturated heterocycles. The van der Waals surface area contributed by atoms with Crippen LogP contribution in [0.4, 0.5) is 4.39 Å². The second kappa shape index (κ2) is 10.2. The smallest absolute Gasteiger partial charge is 0.338 e. The number of esters is 1. The molecule has 2 aromatic carbocycles. The average Bonchev–Trinajstić information content (AvgIpc) is 3.34. The number of aromatic nitrogens is 2. The number of hydrogen-bond donors (Lipinski definition) is 0. The van der Waals surface area contributed by atoms with Crippen LogP contribution in [-0.4, -0.2) is 21.7 Å². The van der Waals surface area contributed by atoms with E-state index in [9.17, 15) is 14.0 Å². The van der Waals surface area contributed by atoms with Crippen LogP contribution in [-0.2, 0) is 9.53 Å². The number of benzene rings is 2. The molecule has 0 unspecified atom stereocenters. The van der Waals surface area contributed by atoms with Gasteiger partial charge in [0.2, 0.25) is 0 Å².